The fraction of sp³-hybridized carbons (Fsp3) is 0.188. The number of thioether (sulfide) groups is 1. The first-order valence-electron chi connectivity index (χ1n) is 7.97. The fourth-order valence-corrected chi connectivity index (χ4v) is 4.05. The van der Waals surface area contributed by atoms with Gasteiger partial charge in [-0.25, -0.2) is 13.8 Å². The van der Waals surface area contributed by atoms with Gasteiger partial charge in [0.05, 0.1) is 5.75 Å². The summed E-state index contributed by atoms with van der Waals surface area (Å²) in [6.07, 6.45) is 1.55. The van der Waals surface area contributed by atoms with E-state index in [9.17, 15) is 13.6 Å². The first-order valence-corrected chi connectivity index (χ1v) is 9.77. The number of fused-ring (bicyclic) bond motifs is 3. The van der Waals surface area contributed by atoms with Gasteiger partial charge in [-0.05, 0) is 12.1 Å². The number of aromatic nitrogens is 5. The van der Waals surface area contributed by atoms with E-state index < -0.39 is 17.5 Å². The van der Waals surface area contributed by atoms with E-state index in [1.54, 1.807) is 10.7 Å². The molecule has 0 unspecified atom stereocenters. The highest BCUT2D eigenvalue weighted by atomic mass is 32.2. The van der Waals surface area contributed by atoms with Crippen molar-refractivity contribution >= 4 is 55.8 Å². The summed E-state index contributed by atoms with van der Waals surface area (Å²) in [6, 6.07) is 2.83. The largest absolute Gasteiger partial charge is 0.354 e. The summed E-state index contributed by atoms with van der Waals surface area (Å²) >= 11 is 2.58. The SMILES string of the molecule is CN(C)c1nc2ncn3c(SCC(=O)Nc4cc(F)cc(F)c4)nnc3c2s1. The van der Waals surface area contributed by atoms with Crippen molar-refractivity contribution in [1.29, 1.82) is 0 Å². The van der Waals surface area contributed by atoms with Gasteiger partial charge in [0, 0.05) is 25.8 Å². The number of carbonyl (C=O) groups is 1. The lowest BCUT2D eigenvalue weighted by Crippen LogP contribution is -2.14. The summed E-state index contributed by atoms with van der Waals surface area (Å²) in [6.45, 7) is 0. The van der Waals surface area contributed by atoms with Crippen LogP contribution in [-0.4, -0.2) is 50.3 Å². The second-order valence-corrected chi connectivity index (χ2v) is 7.88. The van der Waals surface area contributed by atoms with Crippen molar-refractivity contribution in [2.75, 3.05) is 30.1 Å². The van der Waals surface area contributed by atoms with Crippen molar-refractivity contribution in [3.8, 4) is 0 Å². The second-order valence-electron chi connectivity index (χ2n) is 5.96. The number of hydrogen-bond acceptors (Lipinski definition) is 8. The minimum Gasteiger partial charge on any atom is -0.354 e. The van der Waals surface area contributed by atoms with Gasteiger partial charge < -0.3 is 10.2 Å². The average Bonchev–Trinajstić information content (AvgIpc) is 3.22. The van der Waals surface area contributed by atoms with E-state index in [1.807, 2.05) is 19.0 Å². The molecule has 12 heteroatoms. The number of benzene rings is 1. The molecule has 0 saturated carbocycles. The normalized spacial score (nSPS) is 11.3. The Labute approximate surface area is 165 Å². The zero-order chi connectivity index (χ0) is 19.8. The van der Waals surface area contributed by atoms with Crippen LogP contribution in [0.25, 0.3) is 16.0 Å². The van der Waals surface area contributed by atoms with Crippen LogP contribution in [-0.2, 0) is 4.79 Å². The molecule has 0 aliphatic rings. The van der Waals surface area contributed by atoms with Crippen molar-refractivity contribution in [3.63, 3.8) is 0 Å². The minimum absolute atomic E-state index is 0.0113. The number of amides is 1. The molecule has 1 aromatic carbocycles. The Hall–Kier alpha value is -2.86. The Morgan fingerprint density at radius 2 is 2.00 bits per heavy atom. The van der Waals surface area contributed by atoms with Gasteiger partial charge in [-0.2, -0.15) is 4.98 Å². The summed E-state index contributed by atoms with van der Waals surface area (Å²) in [5.74, 6) is -1.96. The van der Waals surface area contributed by atoms with Crippen LogP contribution in [0.3, 0.4) is 0 Å². The molecule has 4 aromatic rings. The number of rotatable bonds is 5. The summed E-state index contributed by atoms with van der Waals surface area (Å²) in [4.78, 5) is 22.7. The molecular weight excluding hydrogens is 408 g/mol. The molecule has 8 nitrogen and oxygen atoms in total. The van der Waals surface area contributed by atoms with Crippen LogP contribution in [0.1, 0.15) is 0 Å². The van der Waals surface area contributed by atoms with E-state index in [2.05, 4.69) is 25.5 Å². The molecule has 4 rings (SSSR count). The second kappa shape index (κ2) is 7.28. The number of carbonyl (C=O) groups excluding carboxylic acids is 1. The van der Waals surface area contributed by atoms with Crippen molar-refractivity contribution < 1.29 is 13.6 Å². The monoisotopic (exact) mass is 421 g/mol. The maximum absolute atomic E-state index is 13.2. The molecular formula is C16H13F2N7OS2. The number of nitrogens with zero attached hydrogens (tertiary/aromatic N) is 6. The number of thiazole rings is 1. The fourth-order valence-electron chi connectivity index (χ4n) is 2.43. The smallest absolute Gasteiger partial charge is 0.234 e. The molecule has 0 saturated heterocycles. The molecule has 3 aromatic heterocycles. The lowest BCUT2D eigenvalue weighted by molar-refractivity contribution is -0.113. The van der Waals surface area contributed by atoms with Gasteiger partial charge in [-0.15, -0.1) is 10.2 Å². The lowest BCUT2D eigenvalue weighted by atomic mass is 10.3. The topological polar surface area (TPSA) is 88.3 Å². The van der Waals surface area contributed by atoms with Gasteiger partial charge in [0.25, 0.3) is 0 Å². The molecule has 1 N–H and O–H groups in total. The van der Waals surface area contributed by atoms with E-state index in [0.29, 0.717) is 16.5 Å². The summed E-state index contributed by atoms with van der Waals surface area (Å²) in [5.41, 5.74) is 1.24. The maximum atomic E-state index is 13.2. The van der Waals surface area contributed by atoms with E-state index in [-0.39, 0.29) is 11.4 Å². The summed E-state index contributed by atoms with van der Waals surface area (Å²) < 4.78 is 28.9. The third-order valence-corrected chi connectivity index (χ3v) is 5.77. The Morgan fingerprint density at radius 1 is 1.25 bits per heavy atom. The molecule has 0 aliphatic heterocycles. The first-order chi connectivity index (χ1) is 13.4. The highest BCUT2D eigenvalue weighted by Crippen LogP contribution is 2.30. The number of hydrogen-bond donors (Lipinski definition) is 1. The molecule has 0 atom stereocenters. The van der Waals surface area contributed by atoms with E-state index in [1.165, 1.54) is 11.3 Å². The third kappa shape index (κ3) is 3.60. The Bertz CT molecular complexity index is 1170. The quantitative estimate of drug-likeness (QED) is 0.496. The Morgan fingerprint density at radius 3 is 2.71 bits per heavy atom. The molecule has 0 bridgehead atoms. The summed E-state index contributed by atoms with van der Waals surface area (Å²) in [7, 11) is 3.78. The van der Waals surface area contributed by atoms with Crippen LogP contribution in [0.5, 0.6) is 0 Å². The number of nitrogens with one attached hydrogen (secondary N) is 1. The van der Waals surface area contributed by atoms with Gasteiger partial charge in [0.2, 0.25) is 5.91 Å². The minimum atomic E-state index is -0.761. The van der Waals surface area contributed by atoms with Gasteiger partial charge in [-0.3, -0.25) is 9.20 Å². The Kier molecular flexibility index (Phi) is 4.81. The van der Waals surface area contributed by atoms with Gasteiger partial charge in [0.15, 0.2) is 21.6 Å². The van der Waals surface area contributed by atoms with Crippen molar-refractivity contribution in [1.82, 2.24) is 24.6 Å². The molecule has 0 radical (unpaired) electrons. The van der Waals surface area contributed by atoms with E-state index >= 15 is 0 Å². The standard InChI is InChI=1S/C16H13F2N7OS2/c1-24(2)15-21-13-12(28-15)14-22-23-16(25(14)7-19-13)27-6-11(26)20-10-4-8(17)3-9(18)5-10/h3-5,7H,6H2,1-2H3,(H,20,26). The van der Waals surface area contributed by atoms with Crippen LogP contribution < -0.4 is 10.2 Å². The number of anilines is 2. The Balaban J connectivity index is 1.51. The molecule has 0 spiro atoms. The van der Waals surface area contributed by atoms with E-state index in [0.717, 1.165) is 39.8 Å². The molecule has 0 fully saturated rings. The highest BCUT2D eigenvalue weighted by molar-refractivity contribution is 7.99. The average molecular weight is 421 g/mol. The number of halogens is 2. The molecule has 1 amide bonds. The third-order valence-electron chi connectivity index (χ3n) is 3.62. The van der Waals surface area contributed by atoms with Crippen molar-refractivity contribution in [2.45, 2.75) is 5.16 Å². The van der Waals surface area contributed by atoms with Crippen molar-refractivity contribution in [3.05, 3.63) is 36.2 Å². The summed E-state index contributed by atoms with van der Waals surface area (Å²) in [5, 5.41) is 12.0. The van der Waals surface area contributed by atoms with Crippen LogP contribution in [0.15, 0.2) is 29.7 Å². The van der Waals surface area contributed by atoms with E-state index in [4.69, 9.17) is 0 Å². The molecule has 28 heavy (non-hydrogen) atoms. The van der Waals surface area contributed by atoms with Crippen LogP contribution >= 0.6 is 23.1 Å². The van der Waals surface area contributed by atoms with Crippen LogP contribution in [0.4, 0.5) is 19.6 Å². The predicted octanol–water partition coefficient (Wildman–Crippen LogP) is 2.81. The van der Waals surface area contributed by atoms with Crippen molar-refractivity contribution in [2.24, 2.45) is 0 Å². The zero-order valence-electron chi connectivity index (χ0n) is 14.7. The lowest BCUT2D eigenvalue weighted by Gasteiger charge is -2.05. The molecule has 144 valence electrons. The maximum Gasteiger partial charge on any atom is 0.234 e. The van der Waals surface area contributed by atoms with Gasteiger partial charge in [-0.1, -0.05) is 23.1 Å². The van der Waals surface area contributed by atoms with Gasteiger partial charge in [0.1, 0.15) is 22.7 Å². The predicted molar refractivity (Wildman–Crippen MR) is 104 cm³/mol. The highest BCUT2D eigenvalue weighted by Gasteiger charge is 2.16. The van der Waals surface area contributed by atoms with Crippen LogP contribution in [0.2, 0.25) is 0 Å². The zero-order valence-corrected chi connectivity index (χ0v) is 16.3. The molecule has 0 aliphatic carbocycles. The first kappa shape index (κ1) is 18.5. The van der Waals surface area contributed by atoms with Gasteiger partial charge >= 0.3 is 0 Å². The van der Waals surface area contributed by atoms with Crippen LogP contribution in [0, 0.1) is 11.6 Å². The molecule has 3 heterocycles.